The molecule has 0 saturated carbocycles. The van der Waals surface area contributed by atoms with Crippen LogP contribution in [0.1, 0.15) is 15.9 Å². The monoisotopic (exact) mass is 351 g/mol. The number of aliphatic carboxylic acids is 1. The van der Waals surface area contributed by atoms with Crippen LogP contribution >= 0.6 is 11.6 Å². The van der Waals surface area contributed by atoms with Gasteiger partial charge in [-0.1, -0.05) is 17.7 Å². The number of carbonyl (C=O) groups excluding carboxylic acids is 1. The number of nitrogens with one attached hydrogen (secondary N) is 1. The maximum absolute atomic E-state index is 12.7. The largest absolute Gasteiger partial charge is 0.480 e. The van der Waals surface area contributed by atoms with Gasteiger partial charge >= 0.3 is 12.1 Å². The zero-order valence-electron chi connectivity index (χ0n) is 11.7. The van der Waals surface area contributed by atoms with Crippen LogP contribution in [0.25, 0.3) is 0 Å². The van der Waals surface area contributed by atoms with E-state index in [0.717, 1.165) is 6.07 Å². The Hall–Kier alpha value is -2.06. The predicted octanol–water partition coefficient (Wildman–Crippen LogP) is 2.74. The molecule has 2 N–H and O–H groups in total. The summed E-state index contributed by atoms with van der Waals surface area (Å²) in [6.45, 7) is 3.08. The summed E-state index contributed by atoms with van der Waals surface area (Å²) < 4.78 is 43.0. The Morgan fingerprint density at radius 2 is 2.04 bits per heavy atom. The molecule has 1 aromatic rings. The number of halogens is 4. The quantitative estimate of drug-likeness (QED) is 0.585. The van der Waals surface area contributed by atoms with Gasteiger partial charge in [-0.3, -0.25) is 4.79 Å². The van der Waals surface area contributed by atoms with Crippen molar-refractivity contribution in [2.75, 3.05) is 13.2 Å². The molecule has 1 atom stereocenters. The van der Waals surface area contributed by atoms with Gasteiger partial charge in [-0.2, -0.15) is 13.2 Å². The first-order valence-corrected chi connectivity index (χ1v) is 6.63. The van der Waals surface area contributed by atoms with E-state index >= 15 is 0 Å². The van der Waals surface area contributed by atoms with Crippen molar-refractivity contribution in [1.29, 1.82) is 0 Å². The standard InChI is InChI=1S/C14H13ClF3NO4/c1-2-3-23-7-11(13(21)22)19-12(20)8-4-9(14(16,17)18)6-10(15)5-8/h2,4-6,11H,1,3,7H2,(H,19,20)(H,21,22). The Morgan fingerprint density at radius 3 is 2.57 bits per heavy atom. The maximum atomic E-state index is 12.7. The van der Waals surface area contributed by atoms with Crippen LogP contribution in [-0.4, -0.2) is 36.2 Å². The molecule has 9 heteroatoms. The van der Waals surface area contributed by atoms with Crippen LogP contribution in [0.5, 0.6) is 0 Å². The van der Waals surface area contributed by atoms with E-state index < -0.39 is 35.2 Å². The first-order valence-electron chi connectivity index (χ1n) is 6.25. The molecule has 0 spiro atoms. The number of rotatable bonds is 7. The van der Waals surface area contributed by atoms with Gasteiger partial charge in [-0.25, -0.2) is 4.79 Å². The van der Waals surface area contributed by atoms with Gasteiger partial charge in [-0.15, -0.1) is 6.58 Å². The van der Waals surface area contributed by atoms with Gasteiger partial charge in [0.1, 0.15) is 0 Å². The first-order chi connectivity index (χ1) is 10.6. The van der Waals surface area contributed by atoms with Gasteiger partial charge < -0.3 is 15.2 Å². The number of hydrogen-bond donors (Lipinski definition) is 2. The van der Waals surface area contributed by atoms with Crippen LogP contribution < -0.4 is 5.32 Å². The third-order valence-electron chi connectivity index (χ3n) is 2.61. The highest BCUT2D eigenvalue weighted by Gasteiger charge is 2.32. The molecule has 1 aromatic carbocycles. The molecular formula is C14H13ClF3NO4. The van der Waals surface area contributed by atoms with Crippen molar-refractivity contribution in [3.8, 4) is 0 Å². The average molecular weight is 352 g/mol. The summed E-state index contributed by atoms with van der Waals surface area (Å²) in [6.07, 6.45) is -3.30. The van der Waals surface area contributed by atoms with Crippen molar-refractivity contribution in [2.45, 2.75) is 12.2 Å². The minimum atomic E-state index is -4.68. The molecule has 1 amide bonds. The fraction of sp³-hybridized carbons (Fsp3) is 0.286. The topological polar surface area (TPSA) is 75.6 Å². The van der Waals surface area contributed by atoms with Gasteiger partial charge in [-0.05, 0) is 18.2 Å². The molecule has 0 aliphatic rings. The average Bonchev–Trinajstić information content (AvgIpc) is 2.44. The number of carboxylic acids is 1. The molecule has 1 rings (SSSR count). The third-order valence-corrected chi connectivity index (χ3v) is 2.83. The summed E-state index contributed by atoms with van der Waals surface area (Å²) in [6, 6.07) is 0.844. The Bertz CT molecular complexity index is 604. The second-order valence-electron chi connectivity index (χ2n) is 4.42. The van der Waals surface area contributed by atoms with Crippen LogP contribution in [0.4, 0.5) is 13.2 Å². The number of hydrogen-bond acceptors (Lipinski definition) is 3. The summed E-state index contributed by atoms with van der Waals surface area (Å²) >= 11 is 5.57. The van der Waals surface area contributed by atoms with Gasteiger partial charge in [0, 0.05) is 10.6 Å². The van der Waals surface area contributed by atoms with Crippen molar-refractivity contribution in [2.24, 2.45) is 0 Å². The van der Waals surface area contributed by atoms with Crippen molar-refractivity contribution in [3.05, 3.63) is 47.0 Å². The Labute approximate surface area is 134 Å². The first kappa shape index (κ1) is 19.0. The van der Waals surface area contributed by atoms with Crippen LogP contribution in [0.2, 0.25) is 5.02 Å². The van der Waals surface area contributed by atoms with E-state index in [1.54, 1.807) is 0 Å². The van der Waals surface area contributed by atoms with E-state index in [1.807, 2.05) is 0 Å². The van der Waals surface area contributed by atoms with Crippen molar-refractivity contribution in [3.63, 3.8) is 0 Å². The van der Waals surface area contributed by atoms with Gasteiger partial charge in [0.05, 0.1) is 18.8 Å². The fourth-order valence-electron chi connectivity index (χ4n) is 1.57. The lowest BCUT2D eigenvalue weighted by molar-refractivity contribution is -0.141. The number of ether oxygens (including phenoxy) is 1. The molecule has 5 nitrogen and oxygen atoms in total. The van der Waals surface area contributed by atoms with Crippen LogP contribution in [0, 0.1) is 0 Å². The molecule has 0 radical (unpaired) electrons. The van der Waals surface area contributed by atoms with Gasteiger partial charge in [0.15, 0.2) is 6.04 Å². The maximum Gasteiger partial charge on any atom is 0.416 e. The van der Waals surface area contributed by atoms with E-state index in [2.05, 4.69) is 11.9 Å². The van der Waals surface area contributed by atoms with Crippen LogP contribution in [0.15, 0.2) is 30.9 Å². The molecule has 0 bridgehead atoms. The Balaban J connectivity index is 2.93. The second-order valence-corrected chi connectivity index (χ2v) is 4.85. The lowest BCUT2D eigenvalue weighted by Crippen LogP contribution is -2.44. The number of benzene rings is 1. The molecular weight excluding hydrogens is 339 g/mol. The molecule has 0 aliphatic heterocycles. The molecule has 23 heavy (non-hydrogen) atoms. The zero-order chi connectivity index (χ0) is 17.6. The third kappa shape index (κ3) is 5.91. The Morgan fingerprint density at radius 1 is 1.39 bits per heavy atom. The number of amides is 1. The van der Waals surface area contributed by atoms with E-state index in [0.29, 0.717) is 12.1 Å². The fourth-order valence-corrected chi connectivity index (χ4v) is 1.80. The molecule has 1 unspecified atom stereocenters. The lowest BCUT2D eigenvalue weighted by atomic mass is 10.1. The molecule has 0 aliphatic carbocycles. The SMILES string of the molecule is C=CCOCC(NC(=O)c1cc(Cl)cc(C(F)(F)F)c1)C(=O)O. The predicted molar refractivity (Wildman–Crippen MR) is 76.4 cm³/mol. The molecule has 0 fully saturated rings. The second kappa shape index (κ2) is 7.98. The Kier molecular flexibility index (Phi) is 6.59. The summed E-state index contributed by atoms with van der Waals surface area (Å²) in [5.41, 5.74) is -1.51. The minimum Gasteiger partial charge on any atom is -0.480 e. The summed E-state index contributed by atoms with van der Waals surface area (Å²) in [4.78, 5) is 23.0. The van der Waals surface area contributed by atoms with E-state index in [9.17, 15) is 22.8 Å². The van der Waals surface area contributed by atoms with E-state index in [4.69, 9.17) is 21.4 Å². The smallest absolute Gasteiger partial charge is 0.416 e. The van der Waals surface area contributed by atoms with Crippen LogP contribution in [-0.2, 0) is 15.7 Å². The lowest BCUT2D eigenvalue weighted by Gasteiger charge is -2.15. The highest BCUT2D eigenvalue weighted by molar-refractivity contribution is 6.31. The molecule has 0 heterocycles. The summed E-state index contributed by atoms with van der Waals surface area (Å²) in [5.74, 6) is -2.40. The van der Waals surface area contributed by atoms with Crippen molar-refractivity contribution in [1.82, 2.24) is 5.32 Å². The van der Waals surface area contributed by atoms with Crippen molar-refractivity contribution < 1.29 is 32.6 Å². The zero-order valence-corrected chi connectivity index (χ0v) is 12.4. The molecule has 0 aromatic heterocycles. The van der Waals surface area contributed by atoms with Crippen LogP contribution in [0.3, 0.4) is 0 Å². The molecule has 126 valence electrons. The summed E-state index contributed by atoms with van der Waals surface area (Å²) in [5, 5.41) is 10.8. The highest BCUT2D eigenvalue weighted by Crippen LogP contribution is 2.31. The minimum absolute atomic E-state index is 0.0645. The number of carbonyl (C=O) groups is 2. The van der Waals surface area contributed by atoms with E-state index in [1.165, 1.54) is 6.08 Å². The normalized spacial score (nSPS) is 12.5. The van der Waals surface area contributed by atoms with Crippen molar-refractivity contribution >= 4 is 23.5 Å². The van der Waals surface area contributed by atoms with Gasteiger partial charge in [0.2, 0.25) is 0 Å². The highest BCUT2D eigenvalue weighted by atomic mass is 35.5. The van der Waals surface area contributed by atoms with E-state index in [-0.39, 0.29) is 18.2 Å². The van der Waals surface area contributed by atoms with Gasteiger partial charge in [0.25, 0.3) is 5.91 Å². The number of alkyl halides is 3. The molecule has 0 saturated heterocycles. The number of carboxylic acid groups (broad SMARTS) is 1. The summed E-state index contributed by atoms with van der Waals surface area (Å²) in [7, 11) is 0.